The van der Waals surface area contributed by atoms with E-state index in [1.165, 1.54) is 33.5 Å². The zero-order valence-electron chi connectivity index (χ0n) is 24.0. The zero-order valence-corrected chi connectivity index (χ0v) is 24.8. The molecule has 1 aliphatic heterocycles. The predicted octanol–water partition coefficient (Wildman–Crippen LogP) is 5.05. The third-order valence-electron chi connectivity index (χ3n) is 7.89. The highest BCUT2D eigenvalue weighted by Gasteiger charge is 2.45. The minimum atomic E-state index is -4.42. The molecule has 43 heavy (non-hydrogen) atoms. The van der Waals surface area contributed by atoms with E-state index in [1.54, 1.807) is 24.1 Å². The molecule has 0 bridgehead atoms. The van der Waals surface area contributed by atoms with Crippen LogP contribution < -0.4 is 24.2 Å². The molecule has 0 spiro atoms. The summed E-state index contributed by atoms with van der Waals surface area (Å²) < 4.78 is 81.5. The number of sulfonamides is 1. The maximum absolute atomic E-state index is 14.9. The third kappa shape index (κ3) is 5.54. The Morgan fingerprint density at radius 1 is 1.05 bits per heavy atom. The van der Waals surface area contributed by atoms with Crippen molar-refractivity contribution in [2.75, 3.05) is 51.5 Å². The van der Waals surface area contributed by atoms with Crippen LogP contribution in [-0.4, -0.2) is 76.1 Å². The van der Waals surface area contributed by atoms with Gasteiger partial charge in [-0.2, -0.15) is 5.10 Å². The molecule has 0 unspecified atom stereocenters. The number of fused-ring (bicyclic) bond motifs is 1. The number of H-pyrrole nitrogens is 1. The fraction of sp³-hybridized carbons (Fsp3) is 0.429. The second-order valence-corrected chi connectivity index (χ2v) is 12.5. The Morgan fingerprint density at radius 2 is 1.74 bits per heavy atom. The van der Waals surface area contributed by atoms with Crippen LogP contribution in [0.2, 0.25) is 0 Å². The number of rotatable bonds is 10. The average molecular weight is 619 g/mol. The van der Waals surface area contributed by atoms with Gasteiger partial charge >= 0.3 is 0 Å². The van der Waals surface area contributed by atoms with E-state index in [1.807, 2.05) is 6.07 Å². The van der Waals surface area contributed by atoms with Gasteiger partial charge in [-0.15, -0.1) is 0 Å². The molecule has 0 amide bonds. The Morgan fingerprint density at radius 3 is 2.40 bits per heavy atom. The lowest BCUT2D eigenvalue weighted by Gasteiger charge is -2.37. The molecule has 4 aromatic rings. The number of alkyl halides is 2. The number of hydrogen-bond acceptors (Lipinski definition) is 10. The van der Waals surface area contributed by atoms with Gasteiger partial charge in [-0.05, 0) is 43.7 Å². The largest absolute Gasteiger partial charge is 0.495 e. The summed E-state index contributed by atoms with van der Waals surface area (Å²) in [5.41, 5.74) is 2.08. The lowest BCUT2D eigenvalue weighted by Crippen LogP contribution is -2.43. The van der Waals surface area contributed by atoms with Gasteiger partial charge in [-0.3, -0.25) is 9.82 Å². The summed E-state index contributed by atoms with van der Waals surface area (Å²) in [5, 5.41) is 14.8. The number of halogens is 2. The predicted molar refractivity (Wildman–Crippen MR) is 155 cm³/mol. The number of piperidine rings is 1. The third-order valence-corrected chi connectivity index (χ3v) is 9.29. The normalized spacial score (nSPS) is 18.9. The first-order valence-corrected chi connectivity index (χ1v) is 15.2. The van der Waals surface area contributed by atoms with Gasteiger partial charge in [-0.25, -0.2) is 17.2 Å². The molecule has 1 aliphatic carbocycles. The molecule has 2 aromatic carbocycles. The van der Waals surface area contributed by atoms with Crippen LogP contribution in [0, 0.1) is 0 Å². The first-order valence-electron chi connectivity index (χ1n) is 13.7. The van der Waals surface area contributed by atoms with Crippen molar-refractivity contribution in [2.24, 2.45) is 0 Å². The van der Waals surface area contributed by atoms with Gasteiger partial charge < -0.3 is 29.0 Å². The molecule has 15 heteroatoms. The molecule has 2 aliphatic rings. The van der Waals surface area contributed by atoms with Crippen molar-refractivity contribution in [3.8, 4) is 17.2 Å². The summed E-state index contributed by atoms with van der Waals surface area (Å²) in [7, 11) is 1.36. The number of benzene rings is 2. The number of nitrogens with one attached hydrogen (secondary N) is 3. The van der Waals surface area contributed by atoms with Crippen LogP contribution in [0.25, 0.3) is 11.0 Å². The minimum absolute atomic E-state index is 0.0924. The van der Waals surface area contributed by atoms with Crippen molar-refractivity contribution in [1.82, 2.24) is 20.3 Å². The van der Waals surface area contributed by atoms with Crippen molar-refractivity contribution >= 4 is 38.3 Å². The number of methoxy groups -OCH3 is 3. The van der Waals surface area contributed by atoms with Gasteiger partial charge in [-0.1, -0.05) is 5.16 Å². The molecule has 3 N–H and O–H groups in total. The molecule has 2 aromatic heterocycles. The SMILES string of the molecule is COc1cc2c(NS(=O)(=O)c3c(OC)cc([C@H]4CN(C)CCC4(F)F)cc3OC)noc2cc1Nc1cc(C2CC2)[nH]n1. The second-order valence-electron chi connectivity index (χ2n) is 10.9. The van der Waals surface area contributed by atoms with Crippen LogP contribution in [0.4, 0.5) is 26.1 Å². The molecule has 6 rings (SSSR count). The standard InChI is InChI=1S/C28H32F2N6O6S/c1-36-8-7-28(29,30)18(14-36)16-9-23(40-3)26(24(10-16)41-4)43(37,38)35-27-17-11-22(39-2)20(12-21(17)42-34-27)31-25-13-19(32-33-25)15-5-6-15/h9-13,15,18H,5-8,14H2,1-4H3,(H,34,35)(H2,31,32,33)/t18-/m1/s1. The van der Waals surface area contributed by atoms with E-state index >= 15 is 0 Å². The van der Waals surface area contributed by atoms with E-state index in [9.17, 15) is 17.2 Å². The summed E-state index contributed by atoms with van der Waals surface area (Å²) in [5.74, 6) is -3.06. The van der Waals surface area contributed by atoms with Gasteiger partial charge in [0.15, 0.2) is 22.1 Å². The van der Waals surface area contributed by atoms with Crippen LogP contribution in [0.1, 0.15) is 42.4 Å². The van der Waals surface area contributed by atoms with E-state index in [0.29, 0.717) is 28.6 Å². The number of likely N-dealkylation sites (N-methyl/N-ethyl adjacent to an activating group) is 1. The fourth-order valence-corrected chi connectivity index (χ4v) is 6.71. The van der Waals surface area contributed by atoms with Gasteiger partial charge in [0.25, 0.3) is 15.9 Å². The molecule has 1 saturated heterocycles. The van der Waals surface area contributed by atoms with E-state index in [4.69, 9.17) is 18.7 Å². The number of ether oxygens (including phenoxy) is 3. The summed E-state index contributed by atoms with van der Waals surface area (Å²) in [6.45, 7) is 0.349. The summed E-state index contributed by atoms with van der Waals surface area (Å²) >= 11 is 0. The minimum Gasteiger partial charge on any atom is -0.495 e. The first-order chi connectivity index (χ1) is 20.5. The molecule has 3 heterocycles. The molecular weight excluding hydrogens is 586 g/mol. The highest BCUT2D eigenvalue weighted by Crippen LogP contribution is 2.45. The van der Waals surface area contributed by atoms with Crippen LogP contribution in [-0.2, 0) is 10.0 Å². The number of aromatic amines is 1. The van der Waals surface area contributed by atoms with Crippen LogP contribution in [0.5, 0.6) is 17.2 Å². The molecular formula is C28H32F2N6O6S. The van der Waals surface area contributed by atoms with Crippen LogP contribution in [0.3, 0.4) is 0 Å². The average Bonchev–Trinajstić information content (AvgIpc) is 3.62. The van der Waals surface area contributed by atoms with Crippen molar-refractivity contribution in [3.05, 3.63) is 41.6 Å². The van der Waals surface area contributed by atoms with E-state index in [2.05, 4.69) is 25.4 Å². The van der Waals surface area contributed by atoms with Crippen LogP contribution in [0.15, 0.2) is 39.8 Å². The van der Waals surface area contributed by atoms with E-state index in [0.717, 1.165) is 18.5 Å². The van der Waals surface area contributed by atoms with Crippen molar-refractivity contribution in [3.63, 3.8) is 0 Å². The summed E-state index contributed by atoms with van der Waals surface area (Å²) in [6, 6.07) is 7.78. The number of hydrogen-bond donors (Lipinski definition) is 3. The molecule has 0 radical (unpaired) electrons. The summed E-state index contributed by atoms with van der Waals surface area (Å²) in [4.78, 5) is 1.44. The maximum Gasteiger partial charge on any atom is 0.270 e. The molecule has 2 fully saturated rings. The van der Waals surface area contributed by atoms with Gasteiger partial charge in [0.2, 0.25) is 0 Å². The Labute approximate surface area is 246 Å². The Hall–Kier alpha value is -4.11. The maximum atomic E-state index is 14.9. The Bertz CT molecular complexity index is 1750. The Balaban J connectivity index is 1.32. The van der Waals surface area contributed by atoms with Gasteiger partial charge in [0.05, 0.1) is 38.3 Å². The monoisotopic (exact) mass is 618 g/mol. The topological polar surface area (TPSA) is 144 Å². The molecule has 1 atom stereocenters. The molecule has 1 saturated carbocycles. The fourth-order valence-electron chi connectivity index (χ4n) is 5.39. The van der Waals surface area contributed by atoms with Gasteiger partial charge in [0, 0.05) is 43.3 Å². The smallest absolute Gasteiger partial charge is 0.270 e. The van der Waals surface area contributed by atoms with Gasteiger partial charge in [0.1, 0.15) is 17.2 Å². The van der Waals surface area contributed by atoms with Crippen LogP contribution >= 0.6 is 0 Å². The highest BCUT2D eigenvalue weighted by atomic mass is 32.2. The number of aromatic nitrogens is 3. The quantitative estimate of drug-likeness (QED) is 0.221. The molecule has 230 valence electrons. The van der Waals surface area contributed by atoms with E-state index < -0.39 is 21.9 Å². The lowest BCUT2D eigenvalue weighted by molar-refractivity contribution is -0.0713. The number of nitrogens with zero attached hydrogens (tertiary/aromatic N) is 3. The molecule has 12 nitrogen and oxygen atoms in total. The number of anilines is 3. The second kappa shape index (κ2) is 10.9. The highest BCUT2D eigenvalue weighted by molar-refractivity contribution is 7.93. The first kappa shape index (κ1) is 29.0. The zero-order chi connectivity index (χ0) is 30.5. The lowest BCUT2D eigenvalue weighted by atomic mass is 9.87. The summed E-state index contributed by atoms with van der Waals surface area (Å²) in [6.07, 6.45) is 1.94. The van der Waals surface area contributed by atoms with Crippen molar-refractivity contribution in [1.29, 1.82) is 0 Å². The Kier molecular flexibility index (Phi) is 7.32. The number of likely N-dealkylation sites (tertiary alicyclic amines) is 1. The van der Waals surface area contributed by atoms with Crippen molar-refractivity contribution < 1.29 is 35.9 Å². The van der Waals surface area contributed by atoms with Crippen molar-refractivity contribution in [2.45, 2.75) is 41.9 Å². The van der Waals surface area contributed by atoms with E-state index in [-0.39, 0.29) is 52.9 Å².